The smallest absolute Gasteiger partial charge is 0.310 e. The predicted molar refractivity (Wildman–Crippen MR) is 69.7 cm³/mol. The van der Waals surface area contributed by atoms with E-state index in [1.54, 1.807) is 4.90 Å². The summed E-state index contributed by atoms with van der Waals surface area (Å²) in [4.78, 5) is 36.7. The van der Waals surface area contributed by atoms with Gasteiger partial charge in [0.2, 0.25) is 5.91 Å². The maximum Gasteiger partial charge on any atom is 0.310 e. The van der Waals surface area contributed by atoms with Crippen molar-refractivity contribution in [1.29, 1.82) is 0 Å². The molecule has 1 aliphatic carbocycles. The van der Waals surface area contributed by atoms with Crippen LogP contribution in [0.2, 0.25) is 0 Å². The lowest BCUT2D eigenvalue weighted by Crippen LogP contribution is -2.41. The number of likely N-dealkylation sites (tertiary alicyclic amines) is 1. The molecule has 0 bridgehead atoms. The Kier molecular flexibility index (Phi) is 4.42. The zero-order valence-corrected chi connectivity index (χ0v) is 11.4. The molecule has 1 fully saturated rings. The van der Waals surface area contributed by atoms with Crippen molar-refractivity contribution in [2.24, 2.45) is 17.8 Å². The molecule has 1 heterocycles. The van der Waals surface area contributed by atoms with Crippen molar-refractivity contribution in [3.63, 3.8) is 0 Å². The first-order valence-electron chi connectivity index (χ1n) is 6.79. The van der Waals surface area contributed by atoms with Crippen LogP contribution in [0.4, 0.5) is 0 Å². The summed E-state index contributed by atoms with van der Waals surface area (Å²) >= 11 is 0. The number of aliphatic carboxylic acids is 1. The van der Waals surface area contributed by atoms with Crippen LogP contribution in [0.5, 0.6) is 0 Å². The molecule has 3 unspecified atom stereocenters. The highest BCUT2D eigenvalue weighted by Gasteiger charge is 2.39. The van der Waals surface area contributed by atoms with Crippen LogP contribution in [0, 0.1) is 17.8 Å². The zero-order valence-electron chi connectivity index (χ0n) is 11.4. The predicted octanol–water partition coefficient (Wildman–Crippen LogP) is 0.675. The minimum Gasteiger partial charge on any atom is -0.481 e. The molecule has 110 valence electrons. The van der Waals surface area contributed by atoms with Gasteiger partial charge in [0.25, 0.3) is 0 Å². The molecule has 20 heavy (non-hydrogen) atoms. The van der Waals surface area contributed by atoms with Gasteiger partial charge < -0.3 is 14.7 Å². The Morgan fingerprint density at radius 3 is 2.45 bits per heavy atom. The number of nitrogens with zero attached hydrogens (tertiary/aromatic N) is 1. The minimum absolute atomic E-state index is 0.159. The van der Waals surface area contributed by atoms with E-state index in [1.165, 1.54) is 7.11 Å². The number of carboxylic acids is 1. The molecule has 0 radical (unpaired) electrons. The quantitative estimate of drug-likeness (QED) is 0.607. The third kappa shape index (κ3) is 2.84. The first-order valence-corrected chi connectivity index (χ1v) is 6.79. The van der Waals surface area contributed by atoms with E-state index in [9.17, 15) is 19.5 Å². The highest BCUT2D eigenvalue weighted by Crippen LogP contribution is 2.30. The van der Waals surface area contributed by atoms with Gasteiger partial charge in [-0.15, -0.1) is 0 Å². The van der Waals surface area contributed by atoms with E-state index in [0.717, 1.165) is 0 Å². The molecule has 1 N–H and O–H groups in total. The van der Waals surface area contributed by atoms with E-state index in [4.69, 9.17) is 0 Å². The van der Waals surface area contributed by atoms with Crippen molar-refractivity contribution >= 4 is 17.8 Å². The lowest BCUT2D eigenvalue weighted by Gasteiger charge is -2.28. The monoisotopic (exact) mass is 281 g/mol. The number of methoxy groups -OCH3 is 1. The molecular weight excluding hydrogens is 262 g/mol. The van der Waals surface area contributed by atoms with Crippen LogP contribution in [0.1, 0.15) is 19.3 Å². The van der Waals surface area contributed by atoms with Crippen LogP contribution in [0.3, 0.4) is 0 Å². The van der Waals surface area contributed by atoms with E-state index < -0.39 is 17.8 Å². The third-order valence-corrected chi connectivity index (χ3v) is 4.10. The summed E-state index contributed by atoms with van der Waals surface area (Å²) < 4.78 is 4.68. The zero-order chi connectivity index (χ0) is 14.7. The fourth-order valence-corrected chi connectivity index (χ4v) is 2.91. The van der Waals surface area contributed by atoms with Gasteiger partial charge in [-0.1, -0.05) is 12.2 Å². The number of esters is 1. The van der Waals surface area contributed by atoms with Gasteiger partial charge in [-0.05, 0) is 19.3 Å². The van der Waals surface area contributed by atoms with Crippen molar-refractivity contribution in [3.8, 4) is 0 Å². The number of carbonyl (C=O) groups is 3. The molecule has 2 aliphatic rings. The van der Waals surface area contributed by atoms with Gasteiger partial charge in [-0.2, -0.15) is 0 Å². The first kappa shape index (κ1) is 14.6. The maximum absolute atomic E-state index is 12.4. The normalized spacial score (nSPS) is 29.2. The molecule has 1 amide bonds. The third-order valence-electron chi connectivity index (χ3n) is 4.10. The number of carboxylic acid groups (broad SMARTS) is 1. The average molecular weight is 281 g/mol. The Morgan fingerprint density at radius 2 is 1.85 bits per heavy atom. The fourth-order valence-electron chi connectivity index (χ4n) is 2.91. The van der Waals surface area contributed by atoms with Gasteiger partial charge in [0.1, 0.15) is 0 Å². The molecule has 0 aromatic carbocycles. The molecule has 1 aliphatic heterocycles. The summed E-state index contributed by atoms with van der Waals surface area (Å²) in [5.74, 6) is -2.87. The van der Waals surface area contributed by atoms with Gasteiger partial charge in [0, 0.05) is 13.1 Å². The molecule has 0 saturated carbocycles. The van der Waals surface area contributed by atoms with Gasteiger partial charge in [0.15, 0.2) is 0 Å². The summed E-state index contributed by atoms with van der Waals surface area (Å²) in [6.07, 6.45) is 5.09. The number of carbonyl (C=O) groups excluding carboxylic acids is 2. The summed E-state index contributed by atoms with van der Waals surface area (Å²) in [6.45, 7) is 0.823. The van der Waals surface area contributed by atoms with Crippen molar-refractivity contribution in [2.75, 3.05) is 20.2 Å². The molecule has 0 spiro atoms. The second kappa shape index (κ2) is 6.07. The summed E-state index contributed by atoms with van der Waals surface area (Å²) in [6, 6.07) is 0. The second-order valence-corrected chi connectivity index (χ2v) is 5.29. The standard InChI is InChI=1S/C14H19NO5/c1-20-14(19)9-6-7-15(8-9)12(16)10-4-2-3-5-11(10)13(17)18/h2-3,9-11H,4-8H2,1H3,(H,17,18). The highest BCUT2D eigenvalue weighted by molar-refractivity contribution is 5.86. The van der Waals surface area contributed by atoms with Crippen LogP contribution in [-0.4, -0.2) is 48.1 Å². The Bertz CT molecular complexity index is 445. The lowest BCUT2D eigenvalue weighted by molar-refractivity contribution is -0.151. The average Bonchev–Trinajstić information content (AvgIpc) is 2.95. The number of hydrogen-bond donors (Lipinski definition) is 1. The van der Waals surface area contributed by atoms with Crippen LogP contribution in [-0.2, 0) is 19.1 Å². The first-order chi connectivity index (χ1) is 9.54. The van der Waals surface area contributed by atoms with Crippen LogP contribution in [0.15, 0.2) is 12.2 Å². The number of hydrogen-bond acceptors (Lipinski definition) is 4. The number of ether oxygens (including phenoxy) is 1. The lowest BCUT2D eigenvalue weighted by atomic mass is 9.82. The number of rotatable bonds is 3. The Morgan fingerprint density at radius 1 is 1.20 bits per heavy atom. The molecule has 0 aromatic heterocycles. The van der Waals surface area contributed by atoms with E-state index in [0.29, 0.717) is 32.4 Å². The van der Waals surface area contributed by atoms with Crippen molar-refractivity contribution in [2.45, 2.75) is 19.3 Å². The number of amides is 1. The van der Waals surface area contributed by atoms with Crippen LogP contribution in [0.25, 0.3) is 0 Å². The van der Waals surface area contributed by atoms with E-state index in [2.05, 4.69) is 4.74 Å². The Balaban J connectivity index is 2.02. The molecule has 6 heteroatoms. The highest BCUT2D eigenvalue weighted by atomic mass is 16.5. The van der Waals surface area contributed by atoms with Gasteiger partial charge in [-0.25, -0.2) is 0 Å². The SMILES string of the molecule is COC(=O)C1CCN(C(=O)C2CC=CCC2C(=O)O)C1. The fraction of sp³-hybridized carbons (Fsp3) is 0.643. The molecule has 0 aromatic rings. The second-order valence-electron chi connectivity index (χ2n) is 5.29. The molecule has 2 rings (SSSR count). The Hall–Kier alpha value is -1.85. The summed E-state index contributed by atoms with van der Waals surface area (Å²) in [5.41, 5.74) is 0. The number of allylic oxidation sites excluding steroid dienone is 2. The van der Waals surface area contributed by atoms with Gasteiger partial charge >= 0.3 is 11.9 Å². The van der Waals surface area contributed by atoms with Crippen molar-refractivity contribution < 1.29 is 24.2 Å². The Labute approximate surface area is 117 Å². The molecule has 6 nitrogen and oxygen atoms in total. The van der Waals surface area contributed by atoms with Crippen LogP contribution >= 0.6 is 0 Å². The van der Waals surface area contributed by atoms with Crippen molar-refractivity contribution in [1.82, 2.24) is 4.90 Å². The maximum atomic E-state index is 12.4. The largest absolute Gasteiger partial charge is 0.481 e. The minimum atomic E-state index is -0.934. The summed E-state index contributed by atoms with van der Waals surface area (Å²) in [7, 11) is 1.33. The molecule has 3 atom stereocenters. The van der Waals surface area contributed by atoms with Crippen molar-refractivity contribution in [3.05, 3.63) is 12.2 Å². The van der Waals surface area contributed by atoms with E-state index in [1.807, 2.05) is 12.2 Å². The topological polar surface area (TPSA) is 83.9 Å². The molecular formula is C14H19NO5. The van der Waals surface area contributed by atoms with E-state index >= 15 is 0 Å². The van der Waals surface area contributed by atoms with E-state index in [-0.39, 0.29) is 17.8 Å². The van der Waals surface area contributed by atoms with Gasteiger partial charge in [-0.3, -0.25) is 14.4 Å². The summed E-state index contributed by atoms with van der Waals surface area (Å²) in [5, 5.41) is 9.20. The molecule has 1 saturated heterocycles. The van der Waals surface area contributed by atoms with Gasteiger partial charge in [0.05, 0.1) is 24.9 Å². The van der Waals surface area contributed by atoms with Crippen LogP contribution < -0.4 is 0 Å².